The van der Waals surface area contributed by atoms with Crippen molar-refractivity contribution >= 4 is 5.69 Å². The van der Waals surface area contributed by atoms with Crippen LogP contribution in [-0.4, -0.2) is 6.61 Å². The summed E-state index contributed by atoms with van der Waals surface area (Å²) in [6.45, 7) is 0.844. The lowest BCUT2D eigenvalue weighted by atomic mass is 10.1. The van der Waals surface area contributed by atoms with Gasteiger partial charge in [0.25, 0.3) is 0 Å². The predicted octanol–water partition coefficient (Wildman–Crippen LogP) is 1.98. The molecule has 0 aliphatic carbocycles. The molecular weight excluding hydrogens is 150 g/mol. The van der Waals surface area contributed by atoms with Crippen LogP contribution in [0.1, 0.15) is 18.4 Å². The van der Waals surface area contributed by atoms with Crippen LogP contribution in [0.4, 0.5) is 5.69 Å². The molecule has 2 nitrogen and oxygen atoms in total. The van der Waals surface area contributed by atoms with Crippen LogP contribution in [0.2, 0.25) is 0 Å². The highest BCUT2D eigenvalue weighted by molar-refractivity contribution is 5.48. The second-order valence-electron chi connectivity index (χ2n) is 3.17. The van der Waals surface area contributed by atoms with E-state index >= 15 is 0 Å². The van der Waals surface area contributed by atoms with Gasteiger partial charge in [-0.1, -0.05) is 0 Å². The topological polar surface area (TPSA) is 35.2 Å². The van der Waals surface area contributed by atoms with Crippen molar-refractivity contribution < 1.29 is 4.74 Å². The quantitative estimate of drug-likeness (QED) is 0.593. The molecule has 0 aromatic heterocycles. The molecule has 0 atom stereocenters. The number of nitrogen functional groups attached to an aromatic ring is 1. The first-order valence-electron chi connectivity index (χ1n) is 4.37. The number of aryl methyl sites for hydroxylation is 1. The van der Waals surface area contributed by atoms with E-state index in [-0.39, 0.29) is 0 Å². The van der Waals surface area contributed by atoms with Crippen molar-refractivity contribution in [2.75, 3.05) is 12.3 Å². The Labute approximate surface area is 72.3 Å². The molecule has 12 heavy (non-hydrogen) atoms. The molecule has 2 N–H and O–H groups in total. The molecule has 1 aliphatic heterocycles. The van der Waals surface area contributed by atoms with Gasteiger partial charge in [-0.05, 0) is 43.0 Å². The zero-order valence-electron chi connectivity index (χ0n) is 7.05. The van der Waals surface area contributed by atoms with Crippen LogP contribution in [0, 0.1) is 0 Å². The van der Waals surface area contributed by atoms with Crippen molar-refractivity contribution in [2.45, 2.75) is 19.3 Å². The Morgan fingerprint density at radius 3 is 3.08 bits per heavy atom. The maximum absolute atomic E-state index is 5.68. The van der Waals surface area contributed by atoms with Crippen molar-refractivity contribution in [1.29, 1.82) is 0 Å². The fourth-order valence-electron chi connectivity index (χ4n) is 1.54. The highest BCUT2D eigenvalue weighted by Gasteiger charge is 2.07. The maximum Gasteiger partial charge on any atom is 0.122 e. The Morgan fingerprint density at radius 1 is 1.25 bits per heavy atom. The largest absolute Gasteiger partial charge is 0.493 e. The Kier molecular flexibility index (Phi) is 1.90. The van der Waals surface area contributed by atoms with Crippen LogP contribution in [0.15, 0.2) is 18.2 Å². The molecule has 0 radical (unpaired) electrons. The Balaban J connectivity index is 2.36. The van der Waals surface area contributed by atoms with E-state index in [1.165, 1.54) is 12.0 Å². The normalized spacial score (nSPS) is 16.0. The van der Waals surface area contributed by atoms with Crippen molar-refractivity contribution in [3.05, 3.63) is 23.8 Å². The van der Waals surface area contributed by atoms with Crippen molar-refractivity contribution in [3.8, 4) is 5.75 Å². The third kappa shape index (κ3) is 1.37. The summed E-state index contributed by atoms with van der Waals surface area (Å²) in [6, 6.07) is 5.88. The summed E-state index contributed by atoms with van der Waals surface area (Å²) in [6.07, 6.45) is 3.45. The fraction of sp³-hybridized carbons (Fsp3) is 0.400. The summed E-state index contributed by atoms with van der Waals surface area (Å²) >= 11 is 0. The average molecular weight is 163 g/mol. The van der Waals surface area contributed by atoms with Crippen LogP contribution in [0.25, 0.3) is 0 Å². The van der Waals surface area contributed by atoms with Crippen LogP contribution in [0.5, 0.6) is 5.75 Å². The summed E-state index contributed by atoms with van der Waals surface area (Å²) in [5.41, 5.74) is 7.77. The van der Waals surface area contributed by atoms with E-state index < -0.39 is 0 Å². The molecule has 0 unspecified atom stereocenters. The van der Waals surface area contributed by atoms with Crippen LogP contribution in [-0.2, 0) is 6.42 Å². The van der Waals surface area contributed by atoms with E-state index in [0.29, 0.717) is 0 Å². The number of rotatable bonds is 0. The lowest BCUT2D eigenvalue weighted by Gasteiger charge is -2.06. The van der Waals surface area contributed by atoms with E-state index in [1.54, 1.807) is 0 Å². The fourth-order valence-corrected chi connectivity index (χ4v) is 1.54. The number of benzene rings is 1. The van der Waals surface area contributed by atoms with E-state index in [1.807, 2.05) is 18.2 Å². The Hall–Kier alpha value is -1.18. The third-order valence-electron chi connectivity index (χ3n) is 2.18. The van der Waals surface area contributed by atoms with Crippen molar-refractivity contribution in [2.24, 2.45) is 0 Å². The van der Waals surface area contributed by atoms with Crippen LogP contribution in [0.3, 0.4) is 0 Å². The summed E-state index contributed by atoms with van der Waals surface area (Å²) in [5.74, 6) is 1.02. The van der Waals surface area contributed by atoms with Crippen LogP contribution < -0.4 is 10.5 Å². The molecule has 0 fully saturated rings. The van der Waals surface area contributed by atoms with Gasteiger partial charge >= 0.3 is 0 Å². The number of anilines is 1. The smallest absolute Gasteiger partial charge is 0.122 e. The molecule has 1 aromatic rings. The lowest BCUT2D eigenvalue weighted by Crippen LogP contribution is -1.95. The number of hydrogen-bond donors (Lipinski definition) is 1. The van der Waals surface area contributed by atoms with Gasteiger partial charge in [-0.3, -0.25) is 0 Å². The van der Waals surface area contributed by atoms with Gasteiger partial charge in [-0.2, -0.15) is 0 Å². The van der Waals surface area contributed by atoms with Gasteiger partial charge < -0.3 is 10.5 Å². The molecule has 1 aliphatic rings. The highest BCUT2D eigenvalue weighted by Crippen LogP contribution is 2.25. The maximum atomic E-state index is 5.68. The molecule has 1 aromatic carbocycles. The lowest BCUT2D eigenvalue weighted by molar-refractivity contribution is 0.317. The molecule has 1 heterocycles. The van der Waals surface area contributed by atoms with E-state index in [0.717, 1.165) is 30.9 Å². The van der Waals surface area contributed by atoms with Gasteiger partial charge in [-0.15, -0.1) is 0 Å². The zero-order chi connectivity index (χ0) is 8.39. The number of hydrogen-bond acceptors (Lipinski definition) is 2. The molecule has 0 spiro atoms. The van der Waals surface area contributed by atoms with E-state index in [4.69, 9.17) is 10.5 Å². The molecule has 64 valence electrons. The first-order valence-corrected chi connectivity index (χ1v) is 4.37. The van der Waals surface area contributed by atoms with Gasteiger partial charge in [-0.25, -0.2) is 0 Å². The summed E-state index contributed by atoms with van der Waals surface area (Å²) in [7, 11) is 0. The highest BCUT2D eigenvalue weighted by atomic mass is 16.5. The van der Waals surface area contributed by atoms with Gasteiger partial charge in [0.15, 0.2) is 0 Å². The van der Waals surface area contributed by atoms with E-state index in [2.05, 4.69) is 0 Å². The molecule has 0 amide bonds. The van der Waals surface area contributed by atoms with Crippen molar-refractivity contribution in [1.82, 2.24) is 0 Å². The van der Waals surface area contributed by atoms with E-state index in [9.17, 15) is 0 Å². The molecule has 2 rings (SSSR count). The van der Waals surface area contributed by atoms with Gasteiger partial charge in [0.05, 0.1) is 6.61 Å². The predicted molar refractivity (Wildman–Crippen MR) is 49.3 cm³/mol. The summed E-state index contributed by atoms with van der Waals surface area (Å²) in [4.78, 5) is 0. The minimum atomic E-state index is 0.833. The first kappa shape index (κ1) is 7.47. The summed E-state index contributed by atoms with van der Waals surface area (Å²) in [5, 5.41) is 0. The van der Waals surface area contributed by atoms with Crippen LogP contribution >= 0.6 is 0 Å². The minimum absolute atomic E-state index is 0.833. The number of nitrogens with two attached hydrogens (primary N) is 1. The molecule has 0 saturated carbocycles. The molecule has 0 saturated heterocycles. The Morgan fingerprint density at radius 2 is 2.17 bits per heavy atom. The van der Waals surface area contributed by atoms with Gasteiger partial charge in [0, 0.05) is 5.69 Å². The second-order valence-corrected chi connectivity index (χ2v) is 3.17. The average Bonchev–Trinajstić information content (AvgIpc) is 2.28. The first-order chi connectivity index (χ1) is 5.86. The van der Waals surface area contributed by atoms with Gasteiger partial charge in [0.2, 0.25) is 0 Å². The molecule has 2 heteroatoms. The Bertz CT molecular complexity index is 283. The molecule has 0 bridgehead atoms. The number of fused-ring (bicyclic) bond motifs is 1. The zero-order valence-corrected chi connectivity index (χ0v) is 7.05. The number of ether oxygens (including phenoxy) is 1. The summed E-state index contributed by atoms with van der Waals surface area (Å²) < 4.78 is 5.55. The van der Waals surface area contributed by atoms with Crippen molar-refractivity contribution in [3.63, 3.8) is 0 Å². The standard InChI is InChI=1S/C10H13NO/c11-9-4-5-10-8(7-9)3-1-2-6-12-10/h4-5,7H,1-3,6,11H2. The third-order valence-corrected chi connectivity index (χ3v) is 2.18. The molecular formula is C10H13NO. The van der Waals surface area contributed by atoms with Gasteiger partial charge in [0.1, 0.15) is 5.75 Å². The second kappa shape index (κ2) is 3.05. The minimum Gasteiger partial charge on any atom is -0.493 e. The SMILES string of the molecule is Nc1ccc2c(c1)CCCCO2. The monoisotopic (exact) mass is 163 g/mol.